The number of halogens is 2. The molecule has 1 N–H and O–H groups in total. The van der Waals surface area contributed by atoms with Gasteiger partial charge in [0.25, 0.3) is 5.56 Å². The van der Waals surface area contributed by atoms with E-state index in [1.807, 2.05) is 42.5 Å². The number of aromatic nitrogens is 2. The van der Waals surface area contributed by atoms with Crippen molar-refractivity contribution in [2.24, 2.45) is 0 Å². The summed E-state index contributed by atoms with van der Waals surface area (Å²) in [6.45, 7) is 0.359. The predicted octanol–water partition coefficient (Wildman–Crippen LogP) is 5.48. The van der Waals surface area contributed by atoms with Crippen molar-refractivity contribution in [1.82, 2.24) is 9.55 Å². The normalized spacial score (nSPS) is 10.9. The Labute approximate surface area is 193 Å². The minimum atomic E-state index is -0.298. The van der Waals surface area contributed by atoms with Crippen LogP contribution in [0.15, 0.2) is 82.7 Å². The first-order valence-electron chi connectivity index (χ1n) is 9.43. The second-order valence-corrected chi connectivity index (χ2v) is 8.48. The first-order valence-corrected chi connectivity index (χ1v) is 11.2. The molecule has 5 nitrogen and oxygen atoms in total. The molecule has 1 heterocycles. The van der Waals surface area contributed by atoms with Crippen molar-refractivity contribution in [3.8, 4) is 0 Å². The third-order valence-corrected chi connectivity index (χ3v) is 6.18. The standard InChI is InChI=1S/C23H17Cl2N3O2S/c24-17-10-6-11-18(25)21(17)27-20(29)14-31-23-26-19-12-5-4-9-16(19)22(30)28(23)13-15-7-2-1-3-8-15/h1-12H,13-14H2,(H,27,29). The summed E-state index contributed by atoms with van der Waals surface area (Å²) in [6.07, 6.45) is 0. The van der Waals surface area contributed by atoms with Gasteiger partial charge in [-0.3, -0.25) is 14.2 Å². The van der Waals surface area contributed by atoms with Crippen LogP contribution in [0.2, 0.25) is 10.0 Å². The molecule has 1 aromatic heterocycles. The number of rotatable bonds is 6. The smallest absolute Gasteiger partial charge is 0.262 e. The number of carbonyl (C=O) groups excluding carboxylic acids is 1. The minimum absolute atomic E-state index is 0.0428. The van der Waals surface area contributed by atoms with Gasteiger partial charge in [-0.2, -0.15) is 0 Å². The van der Waals surface area contributed by atoms with Crippen LogP contribution in [-0.4, -0.2) is 21.2 Å². The van der Waals surface area contributed by atoms with E-state index in [4.69, 9.17) is 23.2 Å². The Hall–Kier alpha value is -2.80. The molecule has 0 aliphatic heterocycles. The molecule has 0 saturated carbocycles. The van der Waals surface area contributed by atoms with Gasteiger partial charge in [-0.05, 0) is 29.8 Å². The Bertz CT molecular complexity index is 1290. The van der Waals surface area contributed by atoms with E-state index in [2.05, 4.69) is 10.3 Å². The molecule has 31 heavy (non-hydrogen) atoms. The summed E-state index contributed by atoms with van der Waals surface area (Å²) in [7, 11) is 0. The van der Waals surface area contributed by atoms with E-state index >= 15 is 0 Å². The number of fused-ring (bicyclic) bond motifs is 1. The second-order valence-electron chi connectivity index (χ2n) is 6.72. The van der Waals surface area contributed by atoms with Crippen LogP contribution in [0.1, 0.15) is 5.56 Å². The van der Waals surface area contributed by atoms with Crippen LogP contribution in [0.4, 0.5) is 5.69 Å². The number of amides is 1. The minimum Gasteiger partial charge on any atom is -0.323 e. The fourth-order valence-electron chi connectivity index (χ4n) is 3.09. The van der Waals surface area contributed by atoms with E-state index in [1.165, 1.54) is 11.8 Å². The molecule has 4 rings (SSSR count). The van der Waals surface area contributed by atoms with Crippen LogP contribution in [0.5, 0.6) is 0 Å². The number of para-hydroxylation sites is 2. The molecule has 8 heteroatoms. The van der Waals surface area contributed by atoms with E-state index < -0.39 is 0 Å². The Morgan fingerprint density at radius 1 is 0.935 bits per heavy atom. The van der Waals surface area contributed by atoms with Gasteiger partial charge in [0, 0.05) is 0 Å². The van der Waals surface area contributed by atoms with Gasteiger partial charge in [-0.15, -0.1) is 0 Å². The van der Waals surface area contributed by atoms with Gasteiger partial charge in [-0.25, -0.2) is 4.98 Å². The van der Waals surface area contributed by atoms with Crippen molar-refractivity contribution in [3.63, 3.8) is 0 Å². The first kappa shape index (κ1) is 21.4. The molecule has 0 unspecified atom stereocenters. The second kappa shape index (κ2) is 9.56. The fourth-order valence-corrected chi connectivity index (χ4v) is 4.38. The van der Waals surface area contributed by atoms with Crippen molar-refractivity contribution in [2.75, 3.05) is 11.1 Å². The average molecular weight is 470 g/mol. The summed E-state index contributed by atoms with van der Waals surface area (Å²) in [4.78, 5) is 30.3. The monoisotopic (exact) mass is 469 g/mol. The molecule has 0 fully saturated rings. The van der Waals surface area contributed by atoms with Crippen molar-refractivity contribution in [1.29, 1.82) is 0 Å². The van der Waals surface area contributed by atoms with Gasteiger partial charge in [0.1, 0.15) is 0 Å². The van der Waals surface area contributed by atoms with E-state index in [9.17, 15) is 9.59 Å². The van der Waals surface area contributed by atoms with Crippen molar-refractivity contribution < 1.29 is 4.79 Å². The number of nitrogens with one attached hydrogen (secondary N) is 1. The topological polar surface area (TPSA) is 64.0 Å². The highest BCUT2D eigenvalue weighted by atomic mass is 35.5. The lowest BCUT2D eigenvalue weighted by Crippen LogP contribution is -2.25. The van der Waals surface area contributed by atoms with Gasteiger partial charge < -0.3 is 5.32 Å². The van der Waals surface area contributed by atoms with Crippen LogP contribution >= 0.6 is 35.0 Å². The number of benzene rings is 3. The summed E-state index contributed by atoms with van der Waals surface area (Å²) in [5.41, 5.74) is 1.78. The Balaban J connectivity index is 1.62. The maximum Gasteiger partial charge on any atom is 0.262 e. The van der Waals surface area contributed by atoms with Crippen LogP contribution in [0.3, 0.4) is 0 Å². The molecule has 0 spiro atoms. The number of hydrogen-bond donors (Lipinski definition) is 1. The lowest BCUT2D eigenvalue weighted by molar-refractivity contribution is -0.113. The number of hydrogen-bond acceptors (Lipinski definition) is 4. The van der Waals surface area contributed by atoms with Crippen LogP contribution in [-0.2, 0) is 11.3 Å². The Morgan fingerprint density at radius 3 is 2.35 bits per heavy atom. The predicted molar refractivity (Wildman–Crippen MR) is 127 cm³/mol. The fraction of sp³-hybridized carbons (Fsp3) is 0.0870. The molecular weight excluding hydrogens is 453 g/mol. The highest BCUT2D eigenvalue weighted by Crippen LogP contribution is 2.30. The van der Waals surface area contributed by atoms with Gasteiger partial charge in [0.15, 0.2) is 5.16 Å². The van der Waals surface area contributed by atoms with Crippen molar-refractivity contribution >= 4 is 57.5 Å². The lowest BCUT2D eigenvalue weighted by atomic mass is 10.2. The largest absolute Gasteiger partial charge is 0.323 e. The molecule has 0 atom stereocenters. The lowest BCUT2D eigenvalue weighted by Gasteiger charge is -2.14. The van der Waals surface area contributed by atoms with E-state index in [0.29, 0.717) is 38.3 Å². The zero-order valence-corrected chi connectivity index (χ0v) is 18.5. The highest BCUT2D eigenvalue weighted by Gasteiger charge is 2.15. The quantitative estimate of drug-likeness (QED) is 0.299. The molecule has 0 aliphatic carbocycles. The van der Waals surface area contributed by atoms with Gasteiger partial charge in [0.2, 0.25) is 5.91 Å². The van der Waals surface area contributed by atoms with Crippen molar-refractivity contribution in [3.05, 3.63) is 98.8 Å². The van der Waals surface area contributed by atoms with Crippen LogP contribution < -0.4 is 10.9 Å². The zero-order valence-electron chi connectivity index (χ0n) is 16.2. The summed E-state index contributed by atoms with van der Waals surface area (Å²) >= 11 is 13.4. The van der Waals surface area contributed by atoms with Crippen LogP contribution in [0, 0.1) is 0 Å². The molecule has 156 valence electrons. The Kier molecular flexibility index (Phi) is 6.61. The van der Waals surface area contributed by atoms with Gasteiger partial charge in [0.05, 0.1) is 38.9 Å². The number of thioether (sulfide) groups is 1. The molecule has 3 aromatic carbocycles. The molecule has 0 radical (unpaired) electrons. The Morgan fingerprint density at radius 2 is 1.61 bits per heavy atom. The molecule has 4 aromatic rings. The average Bonchev–Trinajstić information content (AvgIpc) is 2.78. The molecule has 1 amide bonds. The third-order valence-electron chi connectivity index (χ3n) is 4.57. The molecule has 0 bridgehead atoms. The van der Waals surface area contributed by atoms with E-state index in [-0.39, 0.29) is 17.2 Å². The van der Waals surface area contributed by atoms with E-state index in [0.717, 1.165) is 5.56 Å². The number of carbonyl (C=O) groups is 1. The summed E-state index contributed by atoms with van der Waals surface area (Å²) < 4.78 is 1.60. The summed E-state index contributed by atoms with van der Waals surface area (Å²) in [5.74, 6) is -0.255. The molecule has 0 aliphatic rings. The summed E-state index contributed by atoms with van der Waals surface area (Å²) in [6, 6.07) is 21.8. The maximum atomic E-state index is 13.2. The van der Waals surface area contributed by atoms with Crippen LogP contribution in [0.25, 0.3) is 10.9 Å². The van der Waals surface area contributed by atoms with Gasteiger partial charge in [-0.1, -0.05) is 83.5 Å². The number of anilines is 1. The first-order chi connectivity index (χ1) is 15.0. The summed E-state index contributed by atoms with van der Waals surface area (Å²) in [5, 5.41) is 4.45. The van der Waals surface area contributed by atoms with Crippen molar-refractivity contribution in [2.45, 2.75) is 11.7 Å². The molecular formula is C23H17Cl2N3O2S. The maximum absolute atomic E-state index is 13.2. The highest BCUT2D eigenvalue weighted by molar-refractivity contribution is 7.99. The molecule has 0 saturated heterocycles. The van der Waals surface area contributed by atoms with E-state index in [1.54, 1.807) is 34.9 Å². The third kappa shape index (κ3) is 4.93. The number of nitrogens with zero attached hydrogens (tertiary/aromatic N) is 2. The SMILES string of the molecule is O=C(CSc1nc2ccccc2c(=O)n1Cc1ccccc1)Nc1c(Cl)cccc1Cl. The van der Waals surface area contributed by atoms with Gasteiger partial charge >= 0.3 is 0 Å². The zero-order chi connectivity index (χ0) is 21.8.